The molecule has 0 amide bonds. The van der Waals surface area contributed by atoms with E-state index in [2.05, 4.69) is 0 Å². The minimum absolute atomic E-state index is 0. The number of hydrogen-bond donors (Lipinski definition) is 7. The number of halogens is 8. The number of benzene rings is 2. The molecule has 2 heterocycles. The van der Waals surface area contributed by atoms with Crippen molar-refractivity contribution in [2.45, 2.75) is 18.5 Å². The van der Waals surface area contributed by atoms with Gasteiger partial charge in [-0.05, 0) is 36.4 Å². The Hall–Kier alpha value is -2.46. The van der Waals surface area contributed by atoms with Crippen molar-refractivity contribution < 1.29 is 84.2 Å². The average Bonchev–Trinajstić information content (AvgIpc) is 2.91. The minimum Gasteiger partial charge on any atom is -0.412 e. The maximum absolute atomic E-state index is 13.6. The monoisotopic (exact) mass is 766 g/mol. The van der Waals surface area contributed by atoms with Crippen LogP contribution in [0.5, 0.6) is 0 Å². The summed E-state index contributed by atoms with van der Waals surface area (Å²) in [7, 11) is -9.28. The van der Waals surface area contributed by atoms with Crippen LogP contribution in [0.1, 0.15) is 11.1 Å². The fraction of sp³-hybridized carbons (Fsp3) is 0.520. The molecule has 0 atom stereocenters. The summed E-state index contributed by atoms with van der Waals surface area (Å²) in [5, 5.41) is 10.6. The van der Waals surface area contributed by atoms with Crippen LogP contribution >= 0.6 is 15.6 Å². The standard InChI is InChI=1S/C25H28F8N4O.2H3O4P.H2O/c26-22-3-1-17(13-20(22)24(28,29)30)36-9-5-34(6-10-36)15-19(38)16-35-7-11-37(12-8-35)18-2-4-23(27)21(14-18)25(31,32)33;2*1-5(2,3)4;/h1-4,13-14,19,38H,5-12,15-16H2;2*(H3,1,2,3,4);1H2. The summed E-state index contributed by atoms with van der Waals surface area (Å²) in [6.45, 7) is 4.45. The van der Waals surface area contributed by atoms with Crippen LogP contribution in [-0.2, 0) is 21.5 Å². The summed E-state index contributed by atoms with van der Waals surface area (Å²) in [6.07, 6.45) is -10.2. The largest absolute Gasteiger partial charge is 0.466 e. The highest BCUT2D eigenvalue weighted by atomic mass is 31.2. The van der Waals surface area contributed by atoms with Crippen LogP contribution < -0.4 is 9.80 Å². The van der Waals surface area contributed by atoms with Gasteiger partial charge in [-0.15, -0.1) is 0 Å². The molecule has 0 unspecified atom stereocenters. The van der Waals surface area contributed by atoms with Crippen LogP contribution in [0.25, 0.3) is 0 Å². The molecule has 0 spiro atoms. The number of rotatable bonds is 6. The zero-order valence-corrected chi connectivity index (χ0v) is 27.1. The topological polar surface area (TPSA) is 220 Å². The summed E-state index contributed by atoms with van der Waals surface area (Å²) >= 11 is 0. The number of β-amino-alcohol motifs (C(OH)–C–C–N with tert-alkyl or cyclic N) is 1. The van der Waals surface area contributed by atoms with E-state index >= 15 is 0 Å². The molecule has 2 saturated heterocycles. The van der Waals surface area contributed by atoms with Crippen molar-refractivity contribution in [1.29, 1.82) is 0 Å². The predicted molar refractivity (Wildman–Crippen MR) is 158 cm³/mol. The van der Waals surface area contributed by atoms with Crippen molar-refractivity contribution in [2.75, 3.05) is 75.2 Å². The molecule has 0 saturated carbocycles. The van der Waals surface area contributed by atoms with Gasteiger partial charge in [0, 0.05) is 76.8 Å². The third-order valence-corrected chi connectivity index (χ3v) is 6.92. The highest BCUT2D eigenvalue weighted by Gasteiger charge is 2.36. The molecule has 0 bridgehead atoms. The minimum atomic E-state index is -4.78. The van der Waals surface area contributed by atoms with E-state index in [1.54, 1.807) is 9.80 Å². The van der Waals surface area contributed by atoms with Crippen molar-refractivity contribution in [3.05, 3.63) is 59.2 Å². The van der Waals surface area contributed by atoms with E-state index in [9.17, 15) is 40.2 Å². The molecule has 282 valence electrons. The molecule has 0 radical (unpaired) electrons. The molecule has 2 fully saturated rings. The Kier molecular flexibility index (Phi) is 16.5. The first-order valence-electron chi connectivity index (χ1n) is 13.7. The Bertz CT molecular complexity index is 1310. The number of nitrogens with zero attached hydrogens (tertiary/aromatic N) is 4. The summed E-state index contributed by atoms with van der Waals surface area (Å²) in [4.78, 5) is 50.6. The third kappa shape index (κ3) is 16.9. The first kappa shape index (κ1) is 44.6. The molecule has 4 rings (SSSR count). The lowest BCUT2D eigenvalue weighted by Gasteiger charge is -2.39. The Labute approximate surface area is 274 Å². The molecule has 9 N–H and O–H groups in total. The van der Waals surface area contributed by atoms with Crippen molar-refractivity contribution in [2.24, 2.45) is 0 Å². The quantitative estimate of drug-likeness (QED) is 0.165. The SMILES string of the molecule is O.O=P(O)(O)O.O=P(O)(O)O.OC(CN1CCN(c2ccc(F)c(C(F)(F)F)c2)CC1)CN1CCN(c2ccc(F)c(C(F)(F)F)c2)CC1. The number of phosphoric acid groups is 2. The molecular formula is C25H36F8N4O10P2. The molecular weight excluding hydrogens is 730 g/mol. The lowest BCUT2D eigenvalue weighted by Crippen LogP contribution is -2.52. The van der Waals surface area contributed by atoms with Crippen LogP contribution in [0.4, 0.5) is 46.5 Å². The molecule has 49 heavy (non-hydrogen) atoms. The van der Waals surface area contributed by atoms with Crippen molar-refractivity contribution in [1.82, 2.24) is 9.80 Å². The third-order valence-electron chi connectivity index (χ3n) is 6.92. The first-order valence-corrected chi connectivity index (χ1v) is 16.9. The van der Waals surface area contributed by atoms with Gasteiger partial charge in [-0.1, -0.05) is 0 Å². The van der Waals surface area contributed by atoms with E-state index in [4.69, 9.17) is 38.5 Å². The Balaban J connectivity index is 0.000000958. The van der Waals surface area contributed by atoms with Crippen LogP contribution in [0.15, 0.2) is 36.4 Å². The van der Waals surface area contributed by atoms with Gasteiger partial charge < -0.3 is 49.7 Å². The number of hydrogen-bond acceptors (Lipinski definition) is 7. The molecule has 0 aliphatic carbocycles. The van der Waals surface area contributed by atoms with Crippen LogP contribution in [0.3, 0.4) is 0 Å². The lowest BCUT2D eigenvalue weighted by molar-refractivity contribution is -0.140. The maximum Gasteiger partial charge on any atom is 0.466 e. The maximum atomic E-state index is 13.6. The van der Waals surface area contributed by atoms with Crippen LogP contribution in [0.2, 0.25) is 0 Å². The average molecular weight is 767 g/mol. The lowest BCUT2D eigenvalue weighted by atomic mass is 10.1. The van der Waals surface area contributed by atoms with Gasteiger partial charge in [0.1, 0.15) is 11.6 Å². The smallest absolute Gasteiger partial charge is 0.412 e. The van der Waals surface area contributed by atoms with Gasteiger partial charge in [0.05, 0.1) is 17.2 Å². The van der Waals surface area contributed by atoms with Gasteiger partial charge in [-0.2, -0.15) is 26.3 Å². The molecule has 2 aromatic rings. The summed E-state index contributed by atoms with van der Waals surface area (Å²) in [5.41, 5.74) is -2.01. The molecule has 2 aromatic carbocycles. The fourth-order valence-corrected chi connectivity index (χ4v) is 4.89. The molecule has 14 nitrogen and oxygen atoms in total. The van der Waals surface area contributed by atoms with E-state index in [0.717, 1.165) is 24.3 Å². The van der Waals surface area contributed by atoms with E-state index in [-0.39, 0.29) is 5.48 Å². The second-order valence-electron chi connectivity index (χ2n) is 10.6. The number of aliphatic hydroxyl groups is 1. The van der Waals surface area contributed by atoms with Gasteiger partial charge in [0.2, 0.25) is 0 Å². The van der Waals surface area contributed by atoms with Crippen LogP contribution in [0, 0.1) is 11.6 Å². The zero-order valence-electron chi connectivity index (χ0n) is 25.3. The number of anilines is 2. The van der Waals surface area contributed by atoms with E-state index in [1.165, 1.54) is 12.1 Å². The summed E-state index contributed by atoms with van der Waals surface area (Å²) < 4.78 is 123. The summed E-state index contributed by atoms with van der Waals surface area (Å²) in [6, 6.07) is 5.92. The van der Waals surface area contributed by atoms with Gasteiger partial charge in [-0.25, -0.2) is 17.9 Å². The van der Waals surface area contributed by atoms with Gasteiger partial charge in [-0.3, -0.25) is 9.80 Å². The summed E-state index contributed by atoms with van der Waals surface area (Å²) in [5.74, 6) is -2.62. The van der Waals surface area contributed by atoms with Crippen molar-refractivity contribution in [3.8, 4) is 0 Å². The van der Waals surface area contributed by atoms with E-state index in [0.29, 0.717) is 76.8 Å². The predicted octanol–water partition coefficient (Wildman–Crippen LogP) is 1.63. The fourth-order valence-electron chi connectivity index (χ4n) is 4.89. The van der Waals surface area contributed by atoms with Crippen molar-refractivity contribution in [3.63, 3.8) is 0 Å². The highest BCUT2D eigenvalue weighted by Crippen LogP contribution is 2.35. The molecule has 0 aromatic heterocycles. The molecule has 2 aliphatic rings. The van der Waals surface area contributed by atoms with Gasteiger partial charge >= 0.3 is 28.0 Å². The van der Waals surface area contributed by atoms with E-state index in [1.807, 2.05) is 9.80 Å². The number of piperazine rings is 2. The number of aliphatic hydroxyl groups excluding tert-OH is 1. The molecule has 24 heteroatoms. The first-order chi connectivity index (χ1) is 21.8. The number of alkyl halides is 6. The molecule has 2 aliphatic heterocycles. The zero-order chi connectivity index (χ0) is 36.7. The van der Waals surface area contributed by atoms with E-state index < -0.39 is 56.9 Å². The second-order valence-corrected chi connectivity index (χ2v) is 12.6. The Morgan fingerprint density at radius 3 is 1.10 bits per heavy atom. The normalized spacial score (nSPS) is 16.7. The second kappa shape index (κ2) is 18.2. The highest BCUT2D eigenvalue weighted by molar-refractivity contribution is 7.45. The van der Waals surface area contributed by atoms with Gasteiger partial charge in [0.15, 0.2) is 0 Å². The van der Waals surface area contributed by atoms with Gasteiger partial charge in [0.25, 0.3) is 0 Å². The Morgan fingerprint density at radius 1 is 0.592 bits per heavy atom. The van der Waals surface area contributed by atoms with Crippen LogP contribution in [-0.4, -0.2) is 121 Å². The Morgan fingerprint density at radius 2 is 0.857 bits per heavy atom. The van der Waals surface area contributed by atoms with Crippen molar-refractivity contribution >= 4 is 27.0 Å².